The number of ether oxygens (including phenoxy) is 1. The van der Waals surface area contributed by atoms with Gasteiger partial charge in [-0.3, -0.25) is 0 Å². The molecule has 0 aliphatic carbocycles. The largest absolute Gasteiger partial charge is 0.389 e. The molecular formula is C9H22N2O2. The molecule has 0 aromatic heterocycles. The smallest absolute Gasteiger partial charge is 0.0732 e. The van der Waals surface area contributed by atoms with Gasteiger partial charge in [0, 0.05) is 34.3 Å². The molecule has 0 saturated carbocycles. The van der Waals surface area contributed by atoms with Gasteiger partial charge < -0.3 is 9.84 Å². The van der Waals surface area contributed by atoms with Crippen molar-refractivity contribution in [2.24, 2.45) is 0 Å². The molecule has 0 aromatic carbocycles. The van der Waals surface area contributed by atoms with Gasteiger partial charge in [-0.15, -0.1) is 0 Å². The Balaban J connectivity index is 3.75. The summed E-state index contributed by atoms with van der Waals surface area (Å²) in [5.41, 5.74) is -0.657. The van der Waals surface area contributed by atoms with Gasteiger partial charge in [-0.25, -0.2) is 10.0 Å². The summed E-state index contributed by atoms with van der Waals surface area (Å²) in [7, 11) is 5.61. The van der Waals surface area contributed by atoms with Gasteiger partial charge in [0.2, 0.25) is 0 Å². The fraction of sp³-hybridized carbons (Fsp3) is 1.00. The molecule has 0 radical (unpaired) electrons. The van der Waals surface area contributed by atoms with Crippen molar-refractivity contribution in [3.8, 4) is 0 Å². The van der Waals surface area contributed by atoms with E-state index >= 15 is 0 Å². The minimum Gasteiger partial charge on any atom is -0.389 e. The number of hydrogen-bond donors (Lipinski definition) is 1. The zero-order valence-electron chi connectivity index (χ0n) is 9.37. The van der Waals surface area contributed by atoms with Gasteiger partial charge in [0.1, 0.15) is 0 Å². The lowest BCUT2D eigenvalue weighted by atomic mass is 10.1. The Bertz CT molecular complexity index is 134. The van der Waals surface area contributed by atoms with E-state index < -0.39 is 5.60 Å². The molecule has 0 unspecified atom stereocenters. The van der Waals surface area contributed by atoms with Crippen molar-refractivity contribution in [1.29, 1.82) is 0 Å². The van der Waals surface area contributed by atoms with Gasteiger partial charge in [0.25, 0.3) is 0 Å². The predicted octanol–water partition coefficient (Wildman–Crippen LogP) is 0.182. The minimum absolute atomic E-state index is 0.618. The van der Waals surface area contributed by atoms with Crippen molar-refractivity contribution < 1.29 is 9.84 Å². The molecule has 1 N–H and O–H groups in total. The Morgan fingerprint density at radius 1 is 1.23 bits per heavy atom. The van der Waals surface area contributed by atoms with Gasteiger partial charge in [0.05, 0.1) is 12.2 Å². The Hall–Kier alpha value is -0.160. The number of methoxy groups -OCH3 is 1. The Labute approximate surface area is 81.1 Å². The van der Waals surface area contributed by atoms with Crippen LogP contribution in [0.1, 0.15) is 13.8 Å². The monoisotopic (exact) mass is 190 g/mol. The molecule has 0 aliphatic heterocycles. The second-order valence-corrected chi connectivity index (χ2v) is 4.00. The van der Waals surface area contributed by atoms with Crippen LogP contribution in [-0.4, -0.2) is 61.6 Å². The summed E-state index contributed by atoms with van der Waals surface area (Å²) in [5, 5.41) is 13.6. The summed E-state index contributed by atoms with van der Waals surface area (Å²) in [6, 6.07) is 0. The number of nitrogens with zero attached hydrogens (tertiary/aromatic N) is 2. The van der Waals surface area contributed by atoms with E-state index in [-0.39, 0.29) is 0 Å². The maximum Gasteiger partial charge on any atom is 0.0732 e. The van der Waals surface area contributed by atoms with Crippen LogP contribution < -0.4 is 0 Å². The van der Waals surface area contributed by atoms with Crippen LogP contribution in [0.15, 0.2) is 0 Å². The summed E-state index contributed by atoms with van der Waals surface area (Å²) >= 11 is 0. The van der Waals surface area contributed by atoms with Crippen LogP contribution in [0, 0.1) is 0 Å². The molecule has 4 nitrogen and oxygen atoms in total. The molecule has 0 bridgehead atoms. The first kappa shape index (κ1) is 12.8. The van der Waals surface area contributed by atoms with Crippen LogP contribution in [0.5, 0.6) is 0 Å². The molecule has 13 heavy (non-hydrogen) atoms. The fourth-order valence-corrected chi connectivity index (χ4v) is 1.07. The molecule has 0 fully saturated rings. The van der Waals surface area contributed by atoms with Gasteiger partial charge in [0.15, 0.2) is 0 Å². The molecule has 0 spiro atoms. The zero-order chi connectivity index (χ0) is 10.5. The third-order valence-corrected chi connectivity index (χ3v) is 1.82. The van der Waals surface area contributed by atoms with Crippen molar-refractivity contribution in [3.05, 3.63) is 0 Å². The first-order chi connectivity index (χ1) is 5.87. The second-order valence-electron chi connectivity index (χ2n) is 4.00. The van der Waals surface area contributed by atoms with E-state index in [4.69, 9.17) is 4.74 Å². The molecule has 0 saturated heterocycles. The average Bonchev–Trinajstić information content (AvgIpc) is 1.96. The van der Waals surface area contributed by atoms with Crippen molar-refractivity contribution in [3.63, 3.8) is 0 Å². The number of rotatable bonds is 6. The second kappa shape index (κ2) is 5.54. The summed E-state index contributed by atoms with van der Waals surface area (Å²) in [5.74, 6) is 0. The Morgan fingerprint density at radius 3 is 2.15 bits per heavy atom. The molecule has 0 aliphatic rings. The maximum atomic E-state index is 9.56. The lowest BCUT2D eigenvalue weighted by Gasteiger charge is -2.32. The van der Waals surface area contributed by atoms with Crippen molar-refractivity contribution >= 4 is 0 Å². The number of hydrazine groups is 1. The predicted molar refractivity (Wildman–Crippen MR) is 53.4 cm³/mol. The van der Waals surface area contributed by atoms with Crippen LogP contribution >= 0.6 is 0 Å². The van der Waals surface area contributed by atoms with Crippen molar-refractivity contribution in [1.82, 2.24) is 10.0 Å². The summed E-state index contributed by atoms with van der Waals surface area (Å²) in [4.78, 5) is 0. The SMILES string of the molecule is COCCN(C)N(C)CC(C)(C)O. The van der Waals surface area contributed by atoms with E-state index in [0.717, 1.165) is 6.54 Å². The normalized spacial score (nSPS) is 12.9. The van der Waals surface area contributed by atoms with E-state index in [1.54, 1.807) is 21.0 Å². The fourth-order valence-electron chi connectivity index (χ4n) is 1.07. The molecule has 0 rings (SSSR count). The zero-order valence-corrected chi connectivity index (χ0v) is 9.37. The average molecular weight is 190 g/mol. The molecule has 0 atom stereocenters. The highest BCUT2D eigenvalue weighted by atomic mass is 16.5. The van der Waals surface area contributed by atoms with Crippen LogP contribution in [-0.2, 0) is 4.74 Å². The molecular weight excluding hydrogens is 168 g/mol. The first-order valence-corrected chi connectivity index (χ1v) is 4.50. The van der Waals surface area contributed by atoms with Gasteiger partial charge in [-0.1, -0.05) is 0 Å². The standard InChI is InChI=1S/C9H22N2O2/c1-9(2,12)8-11(4)10(3)6-7-13-5/h12H,6-8H2,1-5H3. The third-order valence-electron chi connectivity index (χ3n) is 1.82. The van der Waals surface area contributed by atoms with E-state index in [9.17, 15) is 5.11 Å². The quantitative estimate of drug-likeness (QED) is 0.606. The van der Waals surface area contributed by atoms with Crippen LogP contribution in [0.3, 0.4) is 0 Å². The molecule has 0 aromatic rings. The molecule has 4 heteroatoms. The summed E-state index contributed by atoms with van der Waals surface area (Å²) in [6.45, 7) is 5.75. The van der Waals surface area contributed by atoms with Crippen molar-refractivity contribution in [2.75, 3.05) is 40.9 Å². The van der Waals surface area contributed by atoms with Crippen LogP contribution in [0.25, 0.3) is 0 Å². The van der Waals surface area contributed by atoms with Crippen molar-refractivity contribution in [2.45, 2.75) is 19.4 Å². The van der Waals surface area contributed by atoms with E-state index in [2.05, 4.69) is 0 Å². The van der Waals surface area contributed by atoms with Crippen LogP contribution in [0.2, 0.25) is 0 Å². The molecule has 0 amide bonds. The summed E-state index contributed by atoms with van der Waals surface area (Å²) < 4.78 is 4.96. The highest BCUT2D eigenvalue weighted by Gasteiger charge is 2.17. The lowest BCUT2D eigenvalue weighted by molar-refractivity contribution is -0.0533. The maximum absolute atomic E-state index is 9.56. The van der Waals surface area contributed by atoms with Gasteiger partial charge in [-0.2, -0.15) is 0 Å². The topological polar surface area (TPSA) is 35.9 Å². The molecule has 80 valence electrons. The number of likely N-dealkylation sites (N-methyl/N-ethyl adjacent to an activating group) is 2. The van der Waals surface area contributed by atoms with E-state index in [1.807, 2.05) is 24.1 Å². The molecule has 0 heterocycles. The van der Waals surface area contributed by atoms with Gasteiger partial charge in [-0.05, 0) is 13.8 Å². The first-order valence-electron chi connectivity index (χ1n) is 4.50. The van der Waals surface area contributed by atoms with E-state index in [0.29, 0.717) is 13.2 Å². The number of aliphatic hydroxyl groups is 1. The minimum atomic E-state index is -0.657. The van der Waals surface area contributed by atoms with Gasteiger partial charge >= 0.3 is 0 Å². The Morgan fingerprint density at radius 2 is 1.77 bits per heavy atom. The lowest BCUT2D eigenvalue weighted by Crippen LogP contribution is -2.46. The van der Waals surface area contributed by atoms with Crippen LogP contribution in [0.4, 0.5) is 0 Å². The highest BCUT2D eigenvalue weighted by molar-refractivity contribution is 4.68. The Kier molecular flexibility index (Phi) is 5.48. The highest BCUT2D eigenvalue weighted by Crippen LogP contribution is 2.04. The third kappa shape index (κ3) is 6.95. The number of hydrogen-bond acceptors (Lipinski definition) is 4. The summed E-state index contributed by atoms with van der Waals surface area (Å²) in [6.07, 6.45) is 0. The van der Waals surface area contributed by atoms with E-state index in [1.165, 1.54) is 0 Å².